The zero-order valence-electron chi connectivity index (χ0n) is 11.4. The van der Waals surface area contributed by atoms with Crippen LogP contribution in [0.3, 0.4) is 0 Å². The highest BCUT2D eigenvalue weighted by atomic mass is 16.5. The molecule has 100 valence electrons. The first kappa shape index (κ1) is 12.4. The van der Waals surface area contributed by atoms with Gasteiger partial charge in [-0.05, 0) is 43.4 Å². The van der Waals surface area contributed by atoms with Crippen molar-refractivity contribution in [1.29, 1.82) is 0 Å². The summed E-state index contributed by atoms with van der Waals surface area (Å²) in [6.45, 7) is 3.28. The summed E-state index contributed by atoms with van der Waals surface area (Å²) in [6, 6.07) is 8.93. The Labute approximate surface area is 114 Å². The van der Waals surface area contributed by atoms with Crippen molar-refractivity contribution >= 4 is 0 Å². The third-order valence-corrected chi connectivity index (χ3v) is 3.84. The lowest BCUT2D eigenvalue weighted by molar-refractivity contribution is 0.421. The SMILES string of the molecule is CCCNC1CCCc2cccc(-c3ccon3)c21. The van der Waals surface area contributed by atoms with Crippen molar-refractivity contribution in [1.82, 2.24) is 10.5 Å². The molecular weight excluding hydrogens is 236 g/mol. The minimum atomic E-state index is 0.455. The molecule has 0 fully saturated rings. The van der Waals surface area contributed by atoms with Gasteiger partial charge in [0.25, 0.3) is 0 Å². The van der Waals surface area contributed by atoms with Gasteiger partial charge in [0.05, 0.1) is 0 Å². The quantitative estimate of drug-likeness (QED) is 0.906. The third-order valence-electron chi connectivity index (χ3n) is 3.84. The fraction of sp³-hybridized carbons (Fsp3) is 0.438. The number of nitrogens with zero attached hydrogens (tertiary/aromatic N) is 1. The van der Waals surface area contributed by atoms with Crippen LogP contribution in [0.25, 0.3) is 11.3 Å². The van der Waals surface area contributed by atoms with Gasteiger partial charge in [0.1, 0.15) is 12.0 Å². The summed E-state index contributed by atoms with van der Waals surface area (Å²) in [5, 5.41) is 7.78. The van der Waals surface area contributed by atoms with E-state index in [0.717, 1.165) is 18.7 Å². The lowest BCUT2D eigenvalue weighted by atomic mass is 9.83. The highest BCUT2D eigenvalue weighted by molar-refractivity contribution is 5.66. The van der Waals surface area contributed by atoms with Crippen molar-refractivity contribution in [3.05, 3.63) is 41.7 Å². The van der Waals surface area contributed by atoms with Gasteiger partial charge in [-0.25, -0.2) is 0 Å². The van der Waals surface area contributed by atoms with Crippen molar-refractivity contribution in [2.75, 3.05) is 6.54 Å². The topological polar surface area (TPSA) is 38.1 Å². The Hall–Kier alpha value is -1.61. The number of hydrogen-bond acceptors (Lipinski definition) is 3. The number of nitrogens with one attached hydrogen (secondary N) is 1. The molecule has 1 atom stereocenters. The number of fused-ring (bicyclic) bond motifs is 1. The normalized spacial score (nSPS) is 18.3. The van der Waals surface area contributed by atoms with E-state index in [9.17, 15) is 0 Å². The molecule has 3 nitrogen and oxygen atoms in total. The Balaban J connectivity index is 2.02. The minimum absolute atomic E-state index is 0.455. The Bertz CT molecular complexity index is 534. The first-order valence-electron chi connectivity index (χ1n) is 7.16. The molecule has 1 heterocycles. The first-order chi connectivity index (χ1) is 9.40. The number of benzene rings is 1. The van der Waals surface area contributed by atoms with E-state index in [1.165, 1.54) is 36.0 Å². The van der Waals surface area contributed by atoms with Crippen LogP contribution in [0, 0.1) is 0 Å². The van der Waals surface area contributed by atoms with E-state index < -0.39 is 0 Å². The minimum Gasteiger partial charge on any atom is -0.364 e. The number of hydrogen-bond donors (Lipinski definition) is 1. The Morgan fingerprint density at radius 3 is 3.11 bits per heavy atom. The number of aryl methyl sites for hydroxylation is 1. The van der Waals surface area contributed by atoms with Crippen molar-refractivity contribution in [3.8, 4) is 11.3 Å². The third kappa shape index (κ3) is 2.43. The van der Waals surface area contributed by atoms with Crippen molar-refractivity contribution in [2.24, 2.45) is 0 Å². The molecule has 0 aliphatic heterocycles. The van der Waals surface area contributed by atoms with Crippen LogP contribution >= 0.6 is 0 Å². The van der Waals surface area contributed by atoms with Gasteiger partial charge in [-0.2, -0.15) is 0 Å². The summed E-state index contributed by atoms with van der Waals surface area (Å²) >= 11 is 0. The van der Waals surface area contributed by atoms with Crippen molar-refractivity contribution in [3.63, 3.8) is 0 Å². The van der Waals surface area contributed by atoms with Crippen LogP contribution in [0.4, 0.5) is 0 Å². The van der Waals surface area contributed by atoms with Gasteiger partial charge in [0, 0.05) is 17.7 Å². The zero-order valence-corrected chi connectivity index (χ0v) is 11.4. The Morgan fingerprint density at radius 2 is 2.32 bits per heavy atom. The molecule has 2 aromatic rings. The standard InChI is InChI=1S/C16H20N2O/c1-2-10-17-15-8-4-6-12-5-3-7-13(16(12)15)14-9-11-19-18-14/h3,5,7,9,11,15,17H,2,4,6,8,10H2,1H3. The van der Waals surface area contributed by atoms with E-state index in [2.05, 4.69) is 35.6 Å². The fourth-order valence-electron chi connectivity index (χ4n) is 2.98. The molecule has 0 bridgehead atoms. The lowest BCUT2D eigenvalue weighted by Gasteiger charge is -2.28. The van der Waals surface area contributed by atoms with E-state index in [0.29, 0.717) is 6.04 Å². The maximum atomic E-state index is 5.01. The summed E-state index contributed by atoms with van der Waals surface area (Å²) in [7, 11) is 0. The Morgan fingerprint density at radius 1 is 1.37 bits per heavy atom. The van der Waals surface area contributed by atoms with E-state index >= 15 is 0 Å². The summed E-state index contributed by atoms with van der Waals surface area (Å²) in [5.74, 6) is 0. The molecule has 0 radical (unpaired) electrons. The fourth-order valence-corrected chi connectivity index (χ4v) is 2.98. The predicted octanol–water partition coefficient (Wildman–Crippen LogP) is 3.72. The maximum Gasteiger partial charge on any atom is 0.124 e. The molecule has 0 amide bonds. The zero-order chi connectivity index (χ0) is 13.1. The van der Waals surface area contributed by atoms with Crippen LogP contribution in [-0.4, -0.2) is 11.7 Å². The molecule has 3 heteroatoms. The summed E-state index contributed by atoms with van der Waals surface area (Å²) in [5.41, 5.74) is 5.05. The second-order valence-electron chi connectivity index (χ2n) is 5.16. The molecule has 0 saturated heterocycles. The number of rotatable bonds is 4. The average molecular weight is 256 g/mol. The summed E-state index contributed by atoms with van der Waals surface area (Å²) < 4.78 is 5.01. The highest BCUT2D eigenvalue weighted by Gasteiger charge is 2.23. The van der Waals surface area contributed by atoms with Gasteiger partial charge in [-0.3, -0.25) is 0 Å². The molecule has 1 aromatic heterocycles. The average Bonchev–Trinajstić information content (AvgIpc) is 2.98. The van der Waals surface area contributed by atoms with Crippen molar-refractivity contribution < 1.29 is 4.52 Å². The lowest BCUT2D eigenvalue weighted by Crippen LogP contribution is -2.26. The first-order valence-corrected chi connectivity index (χ1v) is 7.16. The molecule has 3 rings (SSSR count). The van der Waals surface area contributed by atoms with Crippen molar-refractivity contribution in [2.45, 2.75) is 38.6 Å². The molecule has 1 aromatic carbocycles. The molecule has 0 saturated carbocycles. The van der Waals surface area contributed by atoms with Gasteiger partial charge in [-0.15, -0.1) is 0 Å². The molecule has 1 aliphatic rings. The van der Waals surface area contributed by atoms with Gasteiger partial charge in [0.15, 0.2) is 0 Å². The maximum absolute atomic E-state index is 5.01. The van der Waals surface area contributed by atoms with Crippen LogP contribution in [0.5, 0.6) is 0 Å². The monoisotopic (exact) mass is 256 g/mol. The summed E-state index contributed by atoms with van der Waals surface area (Å²) in [6.07, 6.45) is 6.45. The molecular formula is C16H20N2O. The van der Waals surface area contributed by atoms with E-state index in [-0.39, 0.29) is 0 Å². The second kappa shape index (κ2) is 5.57. The number of aromatic nitrogens is 1. The highest BCUT2D eigenvalue weighted by Crippen LogP contribution is 2.36. The van der Waals surface area contributed by atoms with E-state index in [1.54, 1.807) is 6.26 Å². The molecule has 1 unspecified atom stereocenters. The summed E-state index contributed by atoms with van der Waals surface area (Å²) in [4.78, 5) is 0. The smallest absolute Gasteiger partial charge is 0.124 e. The predicted molar refractivity (Wildman–Crippen MR) is 75.9 cm³/mol. The molecule has 1 aliphatic carbocycles. The Kier molecular flexibility index (Phi) is 3.65. The van der Waals surface area contributed by atoms with Crippen LogP contribution in [-0.2, 0) is 6.42 Å². The van der Waals surface area contributed by atoms with Crippen LogP contribution in [0.2, 0.25) is 0 Å². The van der Waals surface area contributed by atoms with Gasteiger partial charge in [-0.1, -0.05) is 30.3 Å². The molecule has 19 heavy (non-hydrogen) atoms. The molecule has 1 N–H and O–H groups in total. The van der Waals surface area contributed by atoms with Crippen LogP contribution in [0.15, 0.2) is 35.1 Å². The van der Waals surface area contributed by atoms with Gasteiger partial charge < -0.3 is 9.84 Å². The van der Waals surface area contributed by atoms with E-state index in [4.69, 9.17) is 4.52 Å². The van der Waals surface area contributed by atoms with Gasteiger partial charge >= 0.3 is 0 Å². The largest absolute Gasteiger partial charge is 0.364 e. The van der Waals surface area contributed by atoms with Gasteiger partial charge in [0.2, 0.25) is 0 Å². The second-order valence-corrected chi connectivity index (χ2v) is 5.16. The van der Waals surface area contributed by atoms with E-state index in [1.807, 2.05) is 6.07 Å². The van der Waals surface area contributed by atoms with Crippen LogP contribution in [0.1, 0.15) is 43.4 Å². The van der Waals surface area contributed by atoms with Crippen LogP contribution < -0.4 is 5.32 Å². The molecule has 0 spiro atoms.